The lowest BCUT2D eigenvalue weighted by molar-refractivity contribution is -0.139. The van der Waals surface area contributed by atoms with Gasteiger partial charge in [-0.25, -0.2) is 4.39 Å². The molecule has 18 heavy (non-hydrogen) atoms. The topological polar surface area (TPSA) is 81.1 Å². The first-order valence-corrected chi connectivity index (χ1v) is 4.85. The molecule has 0 aliphatic rings. The molecular formula is C10H11F4N3O. The third-order valence-electron chi connectivity index (χ3n) is 2.13. The Morgan fingerprint density at radius 3 is 2.50 bits per heavy atom. The normalized spacial score (nSPS) is 13.2. The molecule has 1 atom stereocenters. The van der Waals surface area contributed by atoms with E-state index < -0.39 is 30.5 Å². The second-order valence-corrected chi connectivity index (χ2v) is 3.59. The van der Waals surface area contributed by atoms with Gasteiger partial charge in [-0.2, -0.15) is 13.2 Å². The Kier molecular flexibility index (Phi) is 4.12. The van der Waals surface area contributed by atoms with E-state index in [2.05, 4.69) is 0 Å². The summed E-state index contributed by atoms with van der Waals surface area (Å²) < 4.78 is 48.7. The molecule has 0 heterocycles. The molecule has 0 aliphatic carbocycles. The maximum atomic E-state index is 13.1. The second kappa shape index (κ2) is 5.21. The van der Waals surface area contributed by atoms with Crippen molar-refractivity contribution in [1.82, 2.24) is 5.32 Å². The van der Waals surface area contributed by atoms with Crippen LogP contribution >= 0.6 is 0 Å². The smallest absolute Gasteiger partial charge is 0.396 e. The van der Waals surface area contributed by atoms with E-state index in [-0.39, 0.29) is 11.3 Å². The van der Waals surface area contributed by atoms with Gasteiger partial charge in [0.15, 0.2) is 0 Å². The van der Waals surface area contributed by atoms with Crippen molar-refractivity contribution in [3.63, 3.8) is 0 Å². The molecule has 0 aliphatic heterocycles. The van der Waals surface area contributed by atoms with Crippen LogP contribution < -0.4 is 16.8 Å². The monoisotopic (exact) mass is 265 g/mol. The minimum atomic E-state index is -4.53. The van der Waals surface area contributed by atoms with Crippen molar-refractivity contribution in [2.75, 3.05) is 12.3 Å². The van der Waals surface area contributed by atoms with Crippen molar-refractivity contribution in [2.45, 2.75) is 12.2 Å². The fourth-order valence-corrected chi connectivity index (χ4v) is 1.19. The number of nitrogens with one attached hydrogen (secondary N) is 1. The Morgan fingerprint density at radius 1 is 1.39 bits per heavy atom. The molecule has 0 fully saturated rings. The molecule has 0 aromatic heterocycles. The first kappa shape index (κ1) is 14.2. The number of carbonyl (C=O) groups excluding carboxylic acids is 1. The highest BCUT2D eigenvalue weighted by Crippen LogP contribution is 2.18. The SMILES string of the molecule is Nc1ccc(C(N)C(=O)NCC(F)(F)F)cc1F. The van der Waals surface area contributed by atoms with Gasteiger partial charge in [0.05, 0.1) is 5.69 Å². The first-order valence-electron chi connectivity index (χ1n) is 4.85. The standard InChI is InChI=1S/C10H11F4N3O/c11-6-3-5(1-2-7(6)15)8(16)9(18)17-4-10(12,13)14/h1-3,8H,4,15-16H2,(H,17,18). The third-order valence-corrected chi connectivity index (χ3v) is 2.13. The molecule has 0 saturated carbocycles. The van der Waals surface area contributed by atoms with Gasteiger partial charge >= 0.3 is 6.18 Å². The quantitative estimate of drug-likeness (QED) is 0.565. The number of benzene rings is 1. The van der Waals surface area contributed by atoms with Crippen molar-refractivity contribution in [1.29, 1.82) is 0 Å². The van der Waals surface area contributed by atoms with Crippen molar-refractivity contribution in [2.24, 2.45) is 5.73 Å². The largest absolute Gasteiger partial charge is 0.405 e. The molecule has 1 aromatic rings. The molecule has 0 spiro atoms. The molecule has 100 valence electrons. The summed E-state index contributed by atoms with van der Waals surface area (Å²) in [5.74, 6) is -1.83. The van der Waals surface area contributed by atoms with E-state index in [0.29, 0.717) is 0 Å². The van der Waals surface area contributed by atoms with E-state index in [1.54, 1.807) is 5.32 Å². The van der Waals surface area contributed by atoms with E-state index in [1.807, 2.05) is 0 Å². The molecule has 8 heteroatoms. The van der Waals surface area contributed by atoms with Gasteiger partial charge in [-0.15, -0.1) is 0 Å². The average molecular weight is 265 g/mol. The van der Waals surface area contributed by atoms with Crippen LogP contribution in [0.25, 0.3) is 0 Å². The Balaban J connectivity index is 2.71. The summed E-state index contributed by atoms with van der Waals surface area (Å²) >= 11 is 0. The highest BCUT2D eigenvalue weighted by atomic mass is 19.4. The first-order chi connectivity index (χ1) is 8.20. The van der Waals surface area contributed by atoms with Crippen LogP contribution in [0.15, 0.2) is 18.2 Å². The summed E-state index contributed by atoms with van der Waals surface area (Å²) in [5, 5.41) is 1.61. The number of amides is 1. The summed E-state index contributed by atoms with van der Waals surface area (Å²) in [6, 6.07) is 1.98. The van der Waals surface area contributed by atoms with Gasteiger partial charge in [0.1, 0.15) is 18.4 Å². The zero-order valence-corrected chi connectivity index (χ0v) is 9.09. The Labute approximate surface area is 99.9 Å². The molecule has 1 aromatic carbocycles. The Morgan fingerprint density at radius 2 is 2.00 bits per heavy atom. The van der Waals surface area contributed by atoms with Crippen molar-refractivity contribution < 1.29 is 22.4 Å². The summed E-state index contributed by atoms with van der Waals surface area (Å²) in [6.45, 7) is -1.49. The maximum Gasteiger partial charge on any atom is 0.405 e. The summed E-state index contributed by atoms with van der Waals surface area (Å²) in [7, 11) is 0. The van der Waals surface area contributed by atoms with Gasteiger partial charge in [0, 0.05) is 0 Å². The number of alkyl halides is 3. The number of hydrogen-bond acceptors (Lipinski definition) is 3. The molecule has 5 N–H and O–H groups in total. The molecule has 0 radical (unpaired) electrons. The number of rotatable bonds is 3. The molecule has 1 unspecified atom stereocenters. The van der Waals surface area contributed by atoms with Crippen LogP contribution in [0, 0.1) is 5.82 Å². The van der Waals surface area contributed by atoms with Crippen LogP contribution in [-0.4, -0.2) is 18.6 Å². The van der Waals surface area contributed by atoms with E-state index in [1.165, 1.54) is 12.1 Å². The molecular weight excluding hydrogens is 254 g/mol. The van der Waals surface area contributed by atoms with Crippen LogP contribution in [0.1, 0.15) is 11.6 Å². The van der Waals surface area contributed by atoms with Gasteiger partial charge in [0.2, 0.25) is 5.91 Å². The summed E-state index contributed by atoms with van der Waals surface area (Å²) in [6.07, 6.45) is -4.53. The lowest BCUT2D eigenvalue weighted by atomic mass is 10.1. The van der Waals surface area contributed by atoms with Gasteiger partial charge < -0.3 is 16.8 Å². The predicted molar refractivity (Wildman–Crippen MR) is 56.8 cm³/mol. The molecule has 0 bridgehead atoms. The van der Waals surface area contributed by atoms with E-state index in [0.717, 1.165) is 6.07 Å². The third kappa shape index (κ3) is 3.88. The van der Waals surface area contributed by atoms with E-state index in [9.17, 15) is 22.4 Å². The molecule has 0 saturated heterocycles. The number of anilines is 1. The van der Waals surface area contributed by atoms with Crippen LogP contribution in [0.2, 0.25) is 0 Å². The number of carbonyl (C=O) groups is 1. The van der Waals surface area contributed by atoms with Crippen molar-refractivity contribution in [3.05, 3.63) is 29.6 Å². The highest BCUT2D eigenvalue weighted by molar-refractivity contribution is 5.83. The van der Waals surface area contributed by atoms with Gasteiger partial charge in [0.25, 0.3) is 0 Å². The van der Waals surface area contributed by atoms with Crippen LogP contribution in [0.4, 0.5) is 23.2 Å². The average Bonchev–Trinajstić information content (AvgIpc) is 2.27. The van der Waals surface area contributed by atoms with Crippen LogP contribution in [-0.2, 0) is 4.79 Å². The molecule has 1 amide bonds. The fourth-order valence-electron chi connectivity index (χ4n) is 1.19. The Bertz CT molecular complexity index is 447. The van der Waals surface area contributed by atoms with E-state index >= 15 is 0 Å². The van der Waals surface area contributed by atoms with Gasteiger partial charge in [-0.05, 0) is 17.7 Å². The highest BCUT2D eigenvalue weighted by Gasteiger charge is 2.29. The summed E-state index contributed by atoms with van der Waals surface area (Å²) in [5.41, 5.74) is 10.5. The minimum Gasteiger partial charge on any atom is -0.396 e. The Hall–Kier alpha value is -1.83. The van der Waals surface area contributed by atoms with Crippen molar-refractivity contribution in [3.8, 4) is 0 Å². The lowest BCUT2D eigenvalue weighted by Gasteiger charge is -2.14. The zero-order chi connectivity index (χ0) is 13.9. The maximum absolute atomic E-state index is 13.1. The number of nitrogen functional groups attached to an aromatic ring is 1. The van der Waals surface area contributed by atoms with Gasteiger partial charge in [-0.3, -0.25) is 4.79 Å². The number of halogens is 4. The van der Waals surface area contributed by atoms with Crippen LogP contribution in [0.3, 0.4) is 0 Å². The van der Waals surface area contributed by atoms with Crippen molar-refractivity contribution >= 4 is 11.6 Å². The number of nitrogens with two attached hydrogens (primary N) is 2. The molecule has 1 rings (SSSR count). The lowest BCUT2D eigenvalue weighted by Crippen LogP contribution is -2.39. The summed E-state index contributed by atoms with van der Waals surface area (Å²) in [4.78, 5) is 11.3. The van der Waals surface area contributed by atoms with Gasteiger partial charge in [-0.1, -0.05) is 6.07 Å². The fraction of sp³-hybridized carbons (Fsp3) is 0.300. The minimum absolute atomic E-state index is 0.0429. The zero-order valence-electron chi connectivity index (χ0n) is 9.09. The van der Waals surface area contributed by atoms with Crippen LogP contribution in [0.5, 0.6) is 0 Å². The predicted octanol–water partition coefficient (Wildman–Crippen LogP) is 1.09. The second-order valence-electron chi connectivity index (χ2n) is 3.59. The number of hydrogen-bond donors (Lipinski definition) is 3. The molecule has 4 nitrogen and oxygen atoms in total. The van der Waals surface area contributed by atoms with E-state index in [4.69, 9.17) is 11.5 Å².